The van der Waals surface area contributed by atoms with Crippen molar-refractivity contribution in [2.75, 3.05) is 13.1 Å². The normalized spacial score (nSPS) is 15.9. The Morgan fingerprint density at radius 2 is 1.50 bits per heavy atom. The van der Waals surface area contributed by atoms with Crippen LogP contribution in [0.4, 0.5) is 0 Å². The first kappa shape index (κ1) is 17.4. The number of benzene rings is 1. The lowest BCUT2D eigenvalue weighted by Gasteiger charge is -2.08. The zero-order valence-electron chi connectivity index (χ0n) is 12.2. The van der Waals surface area contributed by atoms with Gasteiger partial charge in [-0.25, -0.2) is 26.3 Å². The van der Waals surface area contributed by atoms with E-state index in [0.29, 0.717) is 19.5 Å². The number of hydrogen-bond donors (Lipinski definition) is 3. The van der Waals surface area contributed by atoms with E-state index in [2.05, 4.69) is 9.44 Å². The fourth-order valence-electron chi connectivity index (χ4n) is 1.85. The smallest absolute Gasteiger partial charge is 0.240 e. The van der Waals surface area contributed by atoms with Crippen LogP contribution in [0.1, 0.15) is 25.7 Å². The molecule has 0 aliphatic heterocycles. The number of sulfonamides is 2. The molecule has 0 radical (unpaired) electrons. The van der Waals surface area contributed by atoms with E-state index in [1.807, 2.05) is 0 Å². The number of hydrogen-bond acceptors (Lipinski definition) is 5. The van der Waals surface area contributed by atoms with Crippen LogP contribution in [0.15, 0.2) is 34.1 Å². The molecule has 1 saturated carbocycles. The van der Waals surface area contributed by atoms with E-state index in [1.165, 1.54) is 24.3 Å². The third-order valence-electron chi connectivity index (χ3n) is 3.27. The molecule has 0 aromatic heterocycles. The highest BCUT2D eigenvalue weighted by Gasteiger charge is 2.28. The van der Waals surface area contributed by atoms with Crippen LogP contribution in [0.5, 0.6) is 0 Å². The second-order valence-corrected chi connectivity index (χ2v) is 8.74. The molecule has 1 aliphatic rings. The summed E-state index contributed by atoms with van der Waals surface area (Å²) in [5.41, 5.74) is 5.35. The van der Waals surface area contributed by atoms with Crippen LogP contribution < -0.4 is 15.2 Å². The average molecular weight is 347 g/mol. The van der Waals surface area contributed by atoms with Crippen molar-refractivity contribution in [3.05, 3.63) is 24.3 Å². The van der Waals surface area contributed by atoms with Gasteiger partial charge in [-0.2, -0.15) is 0 Å². The summed E-state index contributed by atoms with van der Waals surface area (Å²) in [7, 11) is -7.18. The molecule has 1 aromatic rings. The molecule has 22 heavy (non-hydrogen) atoms. The number of rotatable bonds is 9. The second kappa shape index (κ2) is 7.05. The molecule has 0 bridgehead atoms. The summed E-state index contributed by atoms with van der Waals surface area (Å²) < 4.78 is 53.1. The van der Waals surface area contributed by atoms with E-state index in [4.69, 9.17) is 5.73 Å². The van der Waals surface area contributed by atoms with E-state index in [1.54, 1.807) is 0 Å². The van der Waals surface area contributed by atoms with Gasteiger partial charge in [0, 0.05) is 12.6 Å². The summed E-state index contributed by atoms with van der Waals surface area (Å²) >= 11 is 0. The van der Waals surface area contributed by atoms with Gasteiger partial charge in [0.15, 0.2) is 0 Å². The minimum absolute atomic E-state index is 0.0117. The van der Waals surface area contributed by atoms with Gasteiger partial charge in [0.2, 0.25) is 20.0 Å². The summed E-state index contributed by atoms with van der Waals surface area (Å²) in [4.78, 5) is 0.118. The van der Waals surface area contributed by atoms with Crippen LogP contribution in [0.25, 0.3) is 0 Å². The molecule has 0 spiro atoms. The van der Waals surface area contributed by atoms with Crippen molar-refractivity contribution < 1.29 is 16.8 Å². The molecule has 1 aromatic carbocycles. The van der Waals surface area contributed by atoms with E-state index in [-0.39, 0.29) is 15.8 Å². The van der Waals surface area contributed by atoms with Crippen LogP contribution in [0, 0.1) is 0 Å². The Morgan fingerprint density at radius 1 is 0.955 bits per heavy atom. The molecule has 124 valence electrons. The van der Waals surface area contributed by atoms with Gasteiger partial charge in [-0.15, -0.1) is 0 Å². The molecule has 0 atom stereocenters. The highest BCUT2D eigenvalue weighted by atomic mass is 32.2. The maximum Gasteiger partial charge on any atom is 0.240 e. The van der Waals surface area contributed by atoms with Gasteiger partial charge in [-0.05, 0) is 56.5 Å². The van der Waals surface area contributed by atoms with Gasteiger partial charge in [0.1, 0.15) is 0 Å². The molecule has 0 saturated heterocycles. The van der Waals surface area contributed by atoms with Crippen molar-refractivity contribution in [1.29, 1.82) is 0 Å². The molecule has 1 fully saturated rings. The first-order valence-electron chi connectivity index (χ1n) is 7.17. The SMILES string of the molecule is NCCCCNS(=O)(=O)c1ccc(S(=O)(=O)NC2CC2)cc1. The molecule has 2 rings (SSSR count). The maximum atomic E-state index is 12.0. The summed E-state index contributed by atoms with van der Waals surface area (Å²) in [5, 5.41) is 0. The Balaban J connectivity index is 2.04. The third-order valence-corrected chi connectivity index (χ3v) is 6.28. The van der Waals surface area contributed by atoms with Gasteiger partial charge in [-0.1, -0.05) is 0 Å². The predicted octanol–water partition coefficient (Wildman–Crippen LogP) is 0.145. The minimum Gasteiger partial charge on any atom is -0.330 e. The Kier molecular flexibility index (Phi) is 5.56. The fraction of sp³-hybridized carbons (Fsp3) is 0.538. The lowest BCUT2D eigenvalue weighted by Crippen LogP contribution is -2.26. The standard InChI is InChI=1S/C13H21N3O4S2/c14-9-1-2-10-15-21(17,18)12-5-7-13(8-6-12)22(19,20)16-11-3-4-11/h5-8,11,15-16H,1-4,9-10,14H2. The number of nitrogens with one attached hydrogen (secondary N) is 2. The minimum atomic E-state index is -3.62. The van der Waals surface area contributed by atoms with E-state index >= 15 is 0 Å². The van der Waals surface area contributed by atoms with Gasteiger partial charge in [0.25, 0.3) is 0 Å². The Morgan fingerprint density at radius 3 is 2.00 bits per heavy atom. The summed E-state index contributed by atoms with van der Waals surface area (Å²) in [6.07, 6.45) is 3.09. The summed E-state index contributed by atoms with van der Waals surface area (Å²) in [5.74, 6) is 0. The van der Waals surface area contributed by atoms with Crippen LogP contribution in [0.2, 0.25) is 0 Å². The van der Waals surface area contributed by atoms with Crippen LogP contribution in [0.3, 0.4) is 0 Å². The van der Waals surface area contributed by atoms with Crippen LogP contribution >= 0.6 is 0 Å². The number of unbranched alkanes of at least 4 members (excludes halogenated alkanes) is 1. The van der Waals surface area contributed by atoms with E-state index in [0.717, 1.165) is 19.3 Å². The second-order valence-electron chi connectivity index (χ2n) is 5.26. The molecule has 0 unspecified atom stereocenters. The van der Waals surface area contributed by atoms with Gasteiger partial charge < -0.3 is 5.73 Å². The van der Waals surface area contributed by atoms with Gasteiger partial charge in [-0.3, -0.25) is 0 Å². The summed E-state index contributed by atoms with van der Waals surface area (Å²) in [6.45, 7) is 0.825. The monoisotopic (exact) mass is 347 g/mol. The Hall–Kier alpha value is -1.00. The van der Waals surface area contributed by atoms with E-state index in [9.17, 15) is 16.8 Å². The molecule has 0 heterocycles. The lowest BCUT2D eigenvalue weighted by molar-refractivity contribution is 0.574. The van der Waals surface area contributed by atoms with Crippen LogP contribution in [-0.2, 0) is 20.0 Å². The van der Waals surface area contributed by atoms with Crippen molar-refractivity contribution in [3.8, 4) is 0 Å². The van der Waals surface area contributed by atoms with Crippen molar-refractivity contribution in [1.82, 2.24) is 9.44 Å². The quantitative estimate of drug-likeness (QED) is 0.549. The maximum absolute atomic E-state index is 12.0. The van der Waals surface area contributed by atoms with Crippen molar-refractivity contribution in [3.63, 3.8) is 0 Å². The lowest BCUT2D eigenvalue weighted by atomic mass is 10.3. The van der Waals surface area contributed by atoms with Crippen molar-refractivity contribution in [2.45, 2.75) is 41.5 Å². The fourth-order valence-corrected chi connectivity index (χ4v) is 4.22. The third kappa shape index (κ3) is 4.75. The zero-order valence-corrected chi connectivity index (χ0v) is 13.8. The van der Waals surface area contributed by atoms with Gasteiger partial charge in [0.05, 0.1) is 9.79 Å². The zero-order chi connectivity index (χ0) is 16.2. The average Bonchev–Trinajstić information content (AvgIpc) is 3.27. The number of nitrogens with two attached hydrogens (primary N) is 1. The highest BCUT2D eigenvalue weighted by Crippen LogP contribution is 2.22. The predicted molar refractivity (Wildman–Crippen MR) is 83.3 cm³/mol. The largest absolute Gasteiger partial charge is 0.330 e. The Labute approximate surface area is 131 Å². The molecule has 9 heteroatoms. The molecular formula is C13H21N3O4S2. The molecule has 1 aliphatic carbocycles. The molecular weight excluding hydrogens is 326 g/mol. The first-order chi connectivity index (χ1) is 10.3. The van der Waals surface area contributed by atoms with E-state index < -0.39 is 20.0 Å². The van der Waals surface area contributed by atoms with Crippen molar-refractivity contribution in [2.24, 2.45) is 5.73 Å². The van der Waals surface area contributed by atoms with Crippen molar-refractivity contribution >= 4 is 20.0 Å². The summed E-state index contributed by atoms with van der Waals surface area (Å²) in [6, 6.07) is 5.22. The van der Waals surface area contributed by atoms with Crippen LogP contribution in [-0.4, -0.2) is 36.0 Å². The molecule has 4 N–H and O–H groups in total. The first-order valence-corrected chi connectivity index (χ1v) is 10.1. The van der Waals surface area contributed by atoms with Gasteiger partial charge >= 0.3 is 0 Å². The molecule has 7 nitrogen and oxygen atoms in total. The highest BCUT2D eigenvalue weighted by molar-refractivity contribution is 7.90. The molecule has 0 amide bonds. The Bertz CT molecular complexity index is 695. The topological polar surface area (TPSA) is 118 Å².